The van der Waals surface area contributed by atoms with E-state index in [4.69, 9.17) is 4.74 Å². The number of rotatable bonds is 3. The van der Waals surface area contributed by atoms with E-state index < -0.39 is 5.41 Å². The minimum absolute atomic E-state index is 0.0433. The molecule has 1 aromatic rings. The Morgan fingerprint density at radius 2 is 2.31 bits per heavy atom. The fourth-order valence-corrected chi connectivity index (χ4v) is 2.27. The van der Waals surface area contributed by atoms with Crippen LogP contribution >= 0.6 is 22.6 Å². The molecule has 1 fully saturated rings. The van der Waals surface area contributed by atoms with Crippen molar-refractivity contribution in [3.05, 3.63) is 32.3 Å². The number of carbonyl (C=O) groups is 1. The molecule has 1 aliphatic carbocycles. The van der Waals surface area contributed by atoms with Crippen LogP contribution in [0.2, 0.25) is 0 Å². The van der Waals surface area contributed by atoms with E-state index in [9.17, 15) is 9.59 Å². The van der Waals surface area contributed by atoms with Crippen LogP contribution in [0.25, 0.3) is 0 Å². The summed E-state index contributed by atoms with van der Waals surface area (Å²) in [6.07, 6.45) is 3.32. The van der Waals surface area contributed by atoms with Crippen molar-refractivity contribution >= 4 is 28.6 Å². The first-order valence-corrected chi connectivity index (χ1v) is 6.10. The molecule has 1 saturated carbocycles. The van der Waals surface area contributed by atoms with Crippen LogP contribution in [0.15, 0.2) is 23.1 Å². The van der Waals surface area contributed by atoms with Crippen molar-refractivity contribution in [2.24, 2.45) is 5.41 Å². The number of hydrogen-bond donors (Lipinski definition) is 0. The monoisotopic (exact) mass is 333 g/mol. The summed E-state index contributed by atoms with van der Waals surface area (Å²) >= 11 is 2.00. The molecule has 86 valence electrons. The average Bonchev–Trinajstić information content (AvgIpc) is 3.05. The number of halogens is 1. The standard InChI is InChI=1S/C11H12INO3/c1-16-10(15)11(4-5-11)7-13-6-2-3-8(12)9(13)14/h2-3,6H,4-5,7H2,1H3. The van der Waals surface area contributed by atoms with Crippen molar-refractivity contribution in [2.45, 2.75) is 19.4 Å². The molecule has 0 aliphatic heterocycles. The van der Waals surface area contributed by atoms with Gasteiger partial charge in [-0.25, -0.2) is 0 Å². The molecule has 0 unspecified atom stereocenters. The first kappa shape index (κ1) is 11.6. The first-order chi connectivity index (χ1) is 7.59. The van der Waals surface area contributed by atoms with E-state index in [0.29, 0.717) is 10.1 Å². The Morgan fingerprint density at radius 1 is 1.62 bits per heavy atom. The Kier molecular flexibility index (Phi) is 3.05. The highest BCUT2D eigenvalue weighted by Crippen LogP contribution is 2.47. The number of aromatic nitrogens is 1. The van der Waals surface area contributed by atoms with E-state index in [1.54, 1.807) is 16.8 Å². The highest BCUT2D eigenvalue weighted by atomic mass is 127. The summed E-state index contributed by atoms with van der Waals surface area (Å²) < 4.78 is 7.02. The molecule has 16 heavy (non-hydrogen) atoms. The molecule has 1 heterocycles. The molecule has 0 atom stereocenters. The van der Waals surface area contributed by atoms with Gasteiger partial charge < -0.3 is 9.30 Å². The highest BCUT2D eigenvalue weighted by molar-refractivity contribution is 14.1. The summed E-state index contributed by atoms with van der Waals surface area (Å²) in [6.45, 7) is 0.426. The van der Waals surface area contributed by atoms with Gasteiger partial charge in [0.15, 0.2) is 0 Å². The number of ether oxygens (including phenoxy) is 1. The molecule has 1 aliphatic rings. The molecule has 0 aromatic carbocycles. The van der Waals surface area contributed by atoms with E-state index >= 15 is 0 Å². The van der Waals surface area contributed by atoms with Crippen molar-refractivity contribution in [1.82, 2.24) is 4.57 Å². The maximum Gasteiger partial charge on any atom is 0.313 e. The molecular formula is C11H12INO3. The molecule has 5 heteroatoms. The molecule has 0 spiro atoms. The van der Waals surface area contributed by atoms with Crippen LogP contribution in [0.5, 0.6) is 0 Å². The average molecular weight is 333 g/mol. The minimum atomic E-state index is -0.455. The topological polar surface area (TPSA) is 48.3 Å². The lowest BCUT2D eigenvalue weighted by Crippen LogP contribution is -2.30. The smallest absolute Gasteiger partial charge is 0.313 e. The number of esters is 1. The molecule has 4 nitrogen and oxygen atoms in total. The van der Waals surface area contributed by atoms with E-state index in [0.717, 1.165) is 12.8 Å². The molecule has 0 N–H and O–H groups in total. The second-order valence-corrected chi connectivity index (χ2v) is 5.22. The van der Waals surface area contributed by atoms with Gasteiger partial charge in [-0.1, -0.05) is 0 Å². The number of carbonyl (C=O) groups excluding carboxylic acids is 1. The lowest BCUT2D eigenvalue weighted by atomic mass is 10.1. The summed E-state index contributed by atoms with van der Waals surface area (Å²) in [7, 11) is 1.39. The Bertz CT molecular complexity index is 476. The van der Waals surface area contributed by atoms with Gasteiger partial charge in [0, 0.05) is 12.7 Å². The van der Waals surface area contributed by atoms with E-state index in [2.05, 4.69) is 0 Å². The molecule has 0 saturated heterocycles. The van der Waals surface area contributed by atoms with Gasteiger partial charge >= 0.3 is 5.97 Å². The fraction of sp³-hybridized carbons (Fsp3) is 0.455. The Morgan fingerprint density at radius 3 is 2.88 bits per heavy atom. The van der Waals surface area contributed by atoms with Crippen LogP contribution in [-0.2, 0) is 16.1 Å². The molecule has 0 amide bonds. The number of methoxy groups -OCH3 is 1. The van der Waals surface area contributed by atoms with E-state index in [-0.39, 0.29) is 11.5 Å². The van der Waals surface area contributed by atoms with Gasteiger partial charge in [0.2, 0.25) is 0 Å². The lowest BCUT2D eigenvalue weighted by Gasteiger charge is -2.14. The van der Waals surface area contributed by atoms with Gasteiger partial charge in [-0.15, -0.1) is 0 Å². The summed E-state index contributed by atoms with van der Waals surface area (Å²) in [5.74, 6) is -0.210. The lowest BCUT2D eigenvalue weighted by molar-refractivity contribution is -0.147. The second-order valence-electron chi connectivity index (χ2n) is 4.06. The Labute approximate surface area is 107 Å². The van der Waals surface area contributed by atoms with Crippen LogP contribution < -0.4 is 5.56 Å². The van der Waals surface area contributed by atoms with Crippen molar-refractivity contribution in [3.63, 3.8) is 0 Å². The zero-order chi connectivity index (χ0) is 11.8. The van der Waals surface area contributed by atoms with Crippen LogP contribution in [-0.4, -0.2) is 17.6 Å². The molecule has 0 radical (unpaired) electrons. The van der Waals surface area contributed by atoms with Gasteiger partial charge in [0.25, 0.3) is 5.56 Å². The van der Waals surface area contributed by atoms with Gasteiger partial charge in [-0.3, -0.25) is 9.59 Å². The second kappa shape index (κ2) is 4.20. The molecular weight excluding hydrogens is 321 g/mol. The molecule has 0 bridgehead atoms. The highest BCUT2D eigenvalue weighted by Gasteiger charge is 2.51. The third-order valence-electron chi connectivity index (χ3n) is 2.92. The zero-order valence-corrected chi connectivity index (χ0v) is 11.1. The van der Waals surface area contributed by atoms with E-state index in [1.165, 1.54) is 7.11 Å². The van der Waals surface area contributed by atoms with Gasteiger partial charge in [-0.2, -0.15) is 0 Å². The summed E-state index contributed by atoms with van der Waals surface area (Å²) in [5, 5.41) is 0. The summed E-state index contributed by atoms with van der Waals surface area (Å²) in [4.78, 5) is 23.3. The Hall–Kier alpha value is -0.850. The van der Waals surface area contributed by atoms with Crippen LogP contribution in [0.4, 0.5) is 0 Å². The predicted octanol–water partition coefficient (Wildman–Crippen LogP) is 1.41. The molecule has 1 aromatic heterocycles. The van der Waals surface area contributed by atoms with Crippen molar-refractivity contribution in [2.75, 3.05) is 7.11 Å². The van der Waals surface area contributed by atoms with Crippen LogP contribution in [0, 0.1) is 8.99 Å². The predicted molar refractivity (Wildman–Crippen MR) is 67.1 cm³/mol. The third kappa shape index (κ3) is 2.00. The zero-order valence-electron chi connectivity index (χ0n) is 8.90. The van der Waals surface area contributed by atoms with Crippen LogP contribution in [0.1, 0.15) is 12.8 Å². The number of pyridine rings is 1. The van der Waals surface area contributed by atoms with Gasteiger partial charge in [0.05, 0.1) is 16.1 Å². The molecule has 2 rings (SSSR count). The van der Waals surface area contributed by atoms with E-state index in [1.807, 2.05) is 28.7 Å². The van der Waals surface area contributed by atoms with Gasteiger partial charge in [-0.05, 0) is 47.6 Å². The third-order valence-corrected chi connectivity index (χ3v) is 3.74. The normalized spacial score (nSPS) is 16.9. The van der Waals surface area contributed by atoms with Gasteiger partial charge in [0.1, 0.15) is 0 Å². The number of hydrogen-bond acceptors (Lipinski definition) is 3. The minimum Gasteiger partial charge on any atom is -0.469 e. The summed E-state index contributed by atoms with van der Waals surface area (Å²) in [6, 6.07) is 3.58. The first-order valence-electron chi connectivity index (χ1n) is 5.02. The van der Waals surface area contributed by atoms with Crippen molar-refractivity contribution in [1.29, 1.82) is 0 Å². The van der Waals surface area contributed by atoms with Crippen molar-refractivity contribution in [3.8, 4) is 0 Å². The maximum atomic E-state index is 11.8. The van der Waals surface area contributed by atoms with Crippen molar-refractivity contribution < 1.29 is 9.53 Å². The SMILES string of the molecule is COC(=O)C1(Cn2cccc(I)c2=O)CC1. The quantitative estimate of drug-likeness (QED) is 0.621. The number of nitrogens with zero attached hydrogens (tertiary/aromatic N) is 1. The summed E-state index contributed by atoms with van der Waals surface area (Å²) in [5.41, 5.74) is -0.499. The largest absolute Gasteiger partial charge is 0.469 e. The fourth-order valence-electron chi connectivity index (χ4n) is 1.75. The maximum absolute atomic E-state index is 11.8. The Balaban J connectivity index is 2.25. The van der Waals surface area contributed by atoms with Crippen LogP contribution in [0.3, 0.4) is 0 Å².